The lowest BCUT2D eigenvalue weighted by atomic mass is 9.84. The van der Waals surface area contributed by atoms with E-state index in [0.717, 1.165) is 25.7 Å². The fourth-order valence-corrected chi connectivity index (χ4v) is 1.58. The van der Waals surface area contributed by atoms with Crippen molar-refractivity contribution >= 4 is 5.78 Å². The molecule has 0 rings (SSSR count). The summed E-state index contributed by atoms with van der Waals surface area (Å²) < 4.78 is 0. The van der Waals surface area contributed by atoms with E-state index >= 15 is 0 Å². The van der Waals surface area contributed by atoms with Crippen LogP contribution in [-0.4, -0.2) is 5.78 Å². The number of hydrogen-bond donors (Lipinski definition) is 0. The van der Waals surface area contributed by atoms with E-state index < -0.39 is 0 Å². The Hall–Kier alpha value is -0.590. The van der Waals surface area contributed by atoms with E-state index in [0.29, 0.717) is 11.7 Å². The second-order valence-corrected chi connectivity index (χ2v) is 3.73. The molecule has 0 unspecified atom stereocenters. The van der Waals surface area contributed by atoms with Crippen molar-refractivity contribution in [2.45, 2.75) is 46.5 Å². The summed E-state index contributed by atoms with van der Waals surface area (Å²) in [6, 6.07) is 0. The maximum Gasteiger partial charge on any atom is 0.136 e. The highest BCUT2D eigenvalue weighted by Gasteiger charge is 2.21. The van der Waals surface area contributed by atoms with Crippen molar-refractivity contribution in [3.05, 3.63) is 12.7 Å². The number of carbonyl (C=O) groups is 1. The summed E-state index contributed by atoms with van der Waals surface area (Å²) >= 11 is 0. The highest BCUT2D eigenvalue weighted by atomic mass is 16.1. The second-order valence-electron chi connectivity index (χ2n) is 3.73. The summed E-state index contributed by atoms with van der Waals surface area (Å²) in [6.07, 6.45) is 5.47. The van der Waals surface area contributed by atoms with Gasteiger partial charge in [0.25, 0.3) is 0 Å². The molecule has 0 aromatic carbocycles. The van der Waals surface area contributed by atoms with Crippen molar-refractivity contribution in [2.75, 3.05) is 0 Å². The minimum absolute atomic E-state index is 0.211. The largest absolute Gasteiger partial charge is 0.299 e. The summed E-state index contributed by atoms with van der Waals surface area (Å²) in [5, 5.41) is 0. The predicted octanol–water partition coefficient (Wildman–Crippen LogP) is 3.59. The van der Waals surface area contributed by atoms with Gasteiger partial charge in [0.05, 0.1) is 0 Å². The molecule has 0 aromatic heterocycles. The van der Waals surface area contributed by atoms with Crippen LogP contribution in [0.4, 0.5) is 0 Å². The molecule has 0 saturated carbocycles. The Labute approximate surface area is 82.2 Å². The topological polar surface area (TPSA) is 17.1 Å². The van der Waals surface area contributed by atoms with Crippen LogP contribution in [0.15, 0.2) is 12.7 Å². The summed E-state index contributed by atoms with van der Waals surface area (Å²) in [5.41, 5.74) is 0. The quantitative estimate of drug-likeness (QED) is 0.550. The van der Waals surface area contributed by atoms with E-state index in [1.54, 1.807) is 0 Å². The number of ketones is 1. The summed E-state index contributed by atoms with van der Waals surface area (Å²) in [5.74, 6) is 1.12. The third kappa shape index (κ3) is 4.25. The number of hydrogen-bond acceptors (Lipinski definition) is 1. The molecule has 0 aliphatic rings. The molecule has 0 spiro atoms. The summed E-state index contributed by atoms with van der Waals surface area (Å²) in [6.45, 7) is 10.1. The standard InChI is InChI=1S/C12H22O/c1-5-8-11(10(4)7-3)12(13)9-6-2/h5,10-11H,1,6-9H2,2-4H3/t10-,11+/m1/s1. The van der Waals surface area contributed by atoms with Gasteiger partial charge in [-0.3, -0.25) is 4.79 Å². The van der Waals surface area contributed by atoms with E-state index in [-0.39, 0.29) is 5.92 Å². The van der Waals surface area contributed by atoms with Gasteiger partial charge in [-0.1, -0.05) is 33.3 Å². The third-order valence-corrected chi connectivity index (χ3v) is 2.66. The Kier molecular flexibility index (Phi) is 6.56. The van der Waals surface area contributed by atoms with Crippen molar-refractivity contribution in [3.8, 4) is 0 Å². The zero-order valence-electron chi connectivity index (χ0n) is 9.18. The Morgan fingerprint density at radius 2 is 2.08 bits per heavy atom. The van der Waals surface area contributed by atoms with Crippen LogP contribution < -0.4 is 0 Å². The van der Waals surface area contributed by atoms with Crippen LogP contribution in [0.3, 0.4) is 0 Å². The van der Waals surface area contributed by atoms with Crippen LogP contribution >= 0.6 is 0 Å². The van der Waals surface area contributed by atoms with Crippen LogP contribution in [0, 0.1) is 11.8 Å². The van der Waals surface area contributed by atoms with Gasteiger partial charge < -0.3 is 0 Å². The smallest absolute Gasteiger partial charge is 0.136 e. The predicted molar refractivity (Wildman–Crippen MR) is 57.7 cm³/mol. The van der Waals surface area contributed by atoms with Crippen LogP contribution in [0.2, 0.25) is 0 Å². The van der Waals surface area contributed by atoms with Gasteiger partial charge in [-0.15, -0.1) is 6.58 Å². The highest BCUT2D eigenvalue weighted by molar-refractivity contribution is 5.81. The molecule has 1 nitrogen and oxygen atoms in total. The minimum atomic E-state index is 0.211. The highest BCUT2D eigenvalue weighted by Crippen LogP contribution is 2.22. The lowest BCUT2D eigenvalue weighted by molar-refractivity contribution is -0.124. The first-order valence-corrected chi connectivity index (χ1v) is 5.30. The Balaban J connectivity index is 4.21. The number of Topliss-reactive ketones (excluding diaryl/α,β-unsaturated/α-hetero) is 1. The van der Waals surface area contributed by atoms with E-state index in [1.165, 1.54) is 0 Å². The summed E-state index contributed by atoms with van der Waals surface area (Å²) in [4.78, 5) is 11.7. The van der Waals surface area contributed by atoms with E-state index in [4.69, 9.17) is 0 Å². The molecule has 0 fully saturated rings. The van der Waals surface area contributed by atoms with Crippen molar-refractivity contribution in [1.29, 1.82) is 0 Å². The van der Waals surface area contributed by atoms with Crippen LogP contribution in [0.1, 0.15) is 46.5 Å². The zero-order valence-corrected chi connectivity index (χ0v) is 9.18. The average Bonchev–Trinajstić information content (AvgIpc) is 2.13. The van der Waals surface area contributed by atoms with E-state index in [1.807, 2.05) is 6.08 Å². The number of allylic oxidation sites excluding steroid dienone is 1. The van der Waals surface area contributed by atoms with E-state index in [9.17, 15) is 4.79 Å². The molecule has 0 saturated heterocycles. The lowest BCUT2D eigenvalue weighted by Crippen LogP contribution is -2.20. The molecular weight excluding hydrogens is 160 g/mol. The van der Waals surface area contributed by atoms with Crippen molar-refractivity contribution in [1.82, 2.24) is 0 Å². The molecule has 0 aliphatic carbocycles. The van der Waals surface area contributed by atoms with Gasteiger partial charge >= 0.3 is 0 Å². The molecule has 0 N–H and O–H groups in total. The second kappa shape index (κ2) is 6.88. The minimum Gasteiger partial charge on any atom is -0.299 e. The first kappa shape index (κ1) is 12.4. The Bertz CT molecular complexity index is 161. The third-order valence-electron chi connectivity index (χ3n) is 2.66. The van der Waals surface area contributed by atoms with Gasteiger partial charge in [0.15, 0.2) is 0 Å². The van der Waals surface area contributed by atoms with Gasteiger partial charge in [-0.2, -0.15) is 0 Å². The lowest BCUT2D eigenvalue weighted by Gasteiger charge is -2.19. The number of rotatable bonds is 7. The monoisotopic (exact) mass is 182 g/mol. The van der Waals surface area contributed by atoms with Crippen molar-refractivity contribution < 1.29 is 4.79 Å². The molecule has 0 bridgehead atoms. The first-order chi connectivity index (χ1) is 6.17. The van der Waals surface area contributed by atoms with Gasteiger partial charge in [0.1, 0.15) is 5.78 Å². The molecule has 13 heavy (non-hydrogen) atoms. The van der Waals surface area contributed by atoms with E-state index in [2.05, 4.69) is 27.4 Å². The van der Waals surface area contributed by atoms with Crippen molar-refractivity contribution in [2.24, 2.45) is 11.8 Å². The molecule has 0 radical (unpaired) electrons. The SMILES string of the molecule is C=CC[C@H](C(=O)CCC)[C@H](C)CC. The maximum absolute atomic E-state index is 11.7. The molecule has 0 amide bonds. The van der Waals surface area contributed by atoms with Crippen molar-refractivity contribution in [3.63, 3.8) is 0 Å². The number of carbonyl (C=O) groups excluding carboxylic acids is 1. The maximum atomic E-state index is 11.7. The van der Waals surface area contributed by atoms with Gasteiger partial charge in [0.2, 0.25) is 0 Å². The molecule has 0 aromatic rings. The fourth-order valence-electron chi connectivity index (χ4n) is 1.58. The zero-order chi connectivity index (χ0) is 10.3. The Morgan fingerprint density at radius 1 is 1.46 bits per heavy atom. The van der Waals surface area contributed by atoms with Gasteiger partial charge in [-0.25, -0.2) is 0 Å². The Morgan fingerprint density at radius 3 is 2.46 bits per heavy atom. The van der Waals surface area contributed by atoms with Crippen LogP contribution in [0.5, 0.6) is 0 Å². The molecule has 1 heteroatoms. The fraction of sp³-hybridized carbons (Fsp3) is 0.750. The molecular formula is C12H22O. The first-order valence-electron chi connectivity index (χ1n) is 5.30. The van der Waals surface area contributed by atoms with Gasteiger partial charge in [0, 0.05) is 12.3 Å². The molecule has 0 aliphatic heterocycles. The molecule has 76 valence electrons. The molecule has 2 atom stereocenters. The average molecular weight is 182 g/mol. The normalized spacial score (nSPS) is 15.0. The van der Waals surface area contributed by atoms with Crippen LogP contribution in [0.25, 0.3) is 0 Å². The summed E-state index contributed by atoms with van der Waals surface area (Å²) in [7, 11) is 0. The molecule has 0 heterocycles. The van der Waals surface area contributed by atoms with Gasteiger partial charge in [-0.05, 0) is 18.8 Å². The van der Waals surface area contributed by atoms with Crippen LogP contribution in [-0.2, 0) is 4.79 Å².